The second kappa shape index (κ2) is 49.0. The standard InChI is InChI=1S/C14H64O16Si17/c1-2-3-4-5-6-7-8-9-10-11-12-13-14-32-16-34-18-36-20-38-22-40-24-42-26-44-28-46-30-47-29-45-27-43-25-41-23-39-21-37-19-35-17-33-15-31/h2-14,32-47H2,1,31H3. The molecule has 47 heavy (non-hydrogen) atoms. The first-order chi connectivity index (χ1) is 23.4. The van der Waals surface area contributed by atoms with Gasteiger partial charge in [-0.2, -0.15) is 0 Å². The van der Waals surface area contributed by atoms with Crippen molar-refractivity contribution in [2.24, 2.45) is 0 Å². The van der Waals surface area contributed by atoms with Gasteiger partial charge in [0, 0.05) is 0 Å². The normalized spacial score (nSPS) is 15.8. The molecule has 0 fully saturated rings. The van der Waals surface area contributed by atoms with Crippen LogP contribution in [0.1, 0.15) is 84.0 Å². The minimum atomic E-state index is -1.02. The molecule has 0 radical (unpaired) electrons. The molecule has 0 saturated heterocycles. The average molecular weight is 966 g/mol. The van der Waals surface area contributed by atoms with Crippen LogP contribution in [0.4, 0.5) is 0 Å². The lowest BCUT2D eigenvalue weighted by Crippen LogP contribution is -2.22. The zero-order valence-electron chi connectivity index (χ0n) is 29.0. The summed E-state index contributed by atoms with van der Waals surface area (Å²) in [4.78, 5) is 0. The van der Waals surface area contributed by atoms with Crippen molar-refractivity contribution in [1.29, 1.82) is 0 Å². The van der Waals surface area contributed by atoms with E-state index >= 15 is 0 Å². The molecule has 0 aliphatic heterocycles. The molecule has 0 aromatic heterocycles. The Morgan fingerprint density at radius 2 is 0.532 bits per heavy atom. The van der Waals surface area contributed by atoms with Gasteiger partial charge in [-0.3, -0.25) is 0 Å². The third kappa shape index (κ3) is 49.0. The number of rotatable bonds is 44. The zero-order chi connectivity index (χ0) is 33.8. The highest BCUT2D eigenvalue weighted by Crippen LogP contribution is 2.12. The van der Waals surface area contributed by atoms with E-state index in [2.05, 4.69) is 6.92 Å². The number of hydrogen-bond acceptors (Lipinski definition) is 16. The Balaban J connectivity index is 3.03. The summed E-state index contributed by atoms with van der Waals surface area (Å²) in [7, 11) is -14.1. The van der Waals surface area contributed by atoms with Crippen molar-refractivity contribution < 1.29 is 65.8 Å². The van der Waals surface area contributed by atoms with Gasteiger partial charge in [-0.1, -0.05) is 84.0 Å². The van der Waals surface area contributed by atoms with Gasteiger partial charge < -0.3 is 65.8 Å². The van der Waals surface area contributed by atoms with Crippen LogP contribution in [0.2, 0.25) is 6.04 Å². The van der Waals surface area contributed by atoms with E-state index in [0.29, 0.717) is 0 Å². The second-order valence-corrected chi connectivity index (χ2v) is 41.5. The minimum absolute atomic E-state index is 0.393. The van der Waals surface area contributed by atoms with E-state index < -0.39 is 160 Å². The van der Waals surface area contributed by atoms with E-state index in [9.17, 15) is 0 Å². The molecule has 0 aromatic rings. The largest absolute Gasteiger partial charge is 0.449 e. The van der Waals surface area contributed by atoms with Crippen LogP contribution in [0.25, 0.3) is 0 Å². The van der Waals surface area contributed by atoms with Crippen LogP contribution in [0.15, 0.2) is 0 Å². The monoisotopic (exact) mass is 964 g/mol. The molecule has 0 atom stereocenters. The lowest BCUT2D eigenvalue weighted by atomic mass is 10.1. The van der Waals surface area contributed by atoms with Crippen molar-refractivity contribution in [3.63, 3.8) is 0 Å². The molecule has 0 unspecified atom stereocenters. The van der Waals surface area contributed by atoms with Crippen LogP contribution in [0, 0.1) is 0 Å². The van der Waals surface area contributed by atoms with E-state index in [1.807, 2.05) is 0 Å². The van der Waals surface area contributed by atoms with Crippen molar-refractivity contribution in [2.75, 3.05) is 0 Å². The first kappa shape index (κ1) is 50.0. The Hall–Kier alpha value is 3.05. The third-order valence-electron chi connectivity index (χ3n) is 5.93. The lowest BCUT2D eigenvalue weighted by Gasteiger charge is -2.09. The molecule has 0 spiro atoms. The fraction of sp³-hybridized carbons (Fsp3) is 1.00. The molecular formula is C14H64O16Si17. The molecule has 16 nitrogen and oxygen atoms in total. The molecule has 0 aromatic carbocycles. The SMILES string of the molecule is CCCCCCCCCCCCCC[SiH2]O[SiH2]O[SiH2]O[SiH2]O[SiH2]O[SiH2]O[SiH2]O[SiH2]O[SiH2]O[SiH2]O[SiH2]O[SiH2]O[SiH2]O[SiH2]O[SiH2]O[SiH2]O[SiH3]. The van der Waals surface area contributed by atoms with E-state index in [0.717, 1.165) is 10.5 Å². The molecule has 0 rings (SSSR count). The number of hydrogen-bond donors (Lipinski definition) is 0. The molecule has 0 aliphatic carbocycles. The van der Waals surface area contributed by atoms with Crippen LogP contribution in [-0.4, -0.2) is 170 Å². The van der Waals surface area contributed by atoms with E-state index in [-0.39, 0.29) is 0 Å². The Bertz CT molecular complexity index is 525. The Labute approximate surface area is 324 Å². The van der Waals surface area contributed by atoms with Gasteiger partial charge in [0.05, 0.1) is 0 Å². The maximum atomic E-state index is 5.82. The summed E-state index contributed by atoms with van der Waals surface area (Å²) in [6.07, 6.45) is 16.8. The van der Waals surface area contributed by atoms with Gasteiger partial charge in [-0.15, -0.1) is 0 Å². The predicted molar refractivity (Wildman–Crippen MR) is 230 cm³/mol. The zero-order valence-corrected chi connectivity index (χ0v) is 53.7. The van der Waals surface area contributed by atoms with Gasteiger partial charge in [-0.25, -0.2) is 0 Å². The summed E-state index contributed by atoms with van der Waals surface area (Å²) in [6.45, 7) is 2.28. The van der Waals surface area contributed by atoms with Crippen molar-refractivity contribution in [1.82, 2.24) is 0 Å². The summed E-state index contributed by atoms with van der Waals surface area (Å²) in [6, 6.07) is 1.28. The highest BCUT2D eigenvalue weighted by atomic mass is 28.4. The summed E-state index contributed by atoms with van der Waals surface area (Å²) in [5.41, 5.74) is 0. The predicted octanol–water partition coefficient (Wildman–Crippen LogP) is -11.3. The molecule has 0 saturated carbocycles. The molecule has 0 heterocycles. The summed E-state index contributed by atoms with van der Waals surface area (Å²) in [5, 5.41) is 0. The van der Waals surface area contributed by atoms with Crippen LogP contribution in [0.5, 0.6) is 0 Å². The Kier molecular flexibility index (Phi) is 52.2. The van der Waals surface area contributed by atoms with Crippen molar-refractivity contribution in [3.8, 4) is 0 Å². The maximum absolute atomic E-state index is 5.82. The van der Waals surface area contributed by atoms with E-state index in [1.165, 1.54) is 83.1 Å². The van der Waals surface area contributed by atoms with Crippen LogP contribution in [0.3, 0.4) is 0 Å². The summed E-state index contributed by atoms with van der Waals surface area (Å²) in [5.74, 6) is 0. The van der Waals surface area contributed by atoms with Gasteiger partial charge in [0.2, 0.25) is 0 Å². The van der Waals surface area contributed by atoms with Gasteiger partial charge in [-0.05, 0) is 6.04 Å². The van der Waals surface area contributed by atoms with Gasteiger partial charge in [0.25, 0.3) is 150 Å². The summed E-state index contributed by atoms with van der Waals surface area (Å²) >= 11 is 0. The first-order valence-electron chi connectivity index (χ1n) is 16.6. The van der Waals surface area contributed by atoms with E-state index in [4.69, 9.17) is 65.8 Å². The minimum Gasteiger partial charge on any atom is -0.449 e. The molecule has 33 heteroatoms. The van der Waals surface area contributed by atoms with Crippen molar-refractivity contribution in [3.05, 3.63) is 0 Å². The van der Waals surface area contributed by atoms with Gasteiger partial charge in [0.15, 0.2) is 0 Å². The Morgan fingerprint density at radius 3 is 0.809 bits per heavy atom. The topological polar surface area (TPSA) is 148 Å². The second-order valence-electron chi connectivity index (χ2n) is 10.1. The quantitative estimate of drug-likeness (QED) is 0.0421. The summed E-state index contributed by atoms with van der Waals surface area (Å²) < 4.78 is 87.8. The Morgan fingerprint density at radius 1 is 0.298 bits per heavy atom. The van der Waals surface area contributed by atoms with Crippen molar-refractivity contribution in [2.45, 2.75) is 90.0 Å². The molecular weight excluding hydrogens is 902 g/mol. The van der Waals surface area contributed by atoms with Crippen LogP contribution >= 0.6 is 0 Å². The number of unbranched alkanes of at least 4 members (excludes halogenated alkanes) is 11. The fourth-order valence-electron chi connectivity index (χ4n) is 3.67. The fourth-order valence-corrected chi connectivity index (χ4v) is 32.9. The van der Waals surface area contributed by atoms with E-state index in [1.54, 1.807) is 0 Å². The van der Waals surface area contributed by atoms with Crippen molar-refractivity contribution >= 4 is 170 Å². The first-order valence-corrected chi connectivity index (χ1v) is 36.3. The molecule has 0 bridgehead atoms. The third-order valence-corrected chi connectivity index (χ3v) is 28.1. The van der Waals surface area contributed by atoms with Gasteiger partial charge in [0.1, 0.15) is 20.2 Å². The smallest absolute Gasteiger partial charge is 0.286 e. The molecule has 0 N–H and O–H groups in total. The molecule has 284 valence electrons. The highest BCUT2D eigenvalue weighted by Gasteiger charge is 1.99. The van der Waals surface area contributed by atoms with Crippen LogP contribution in [-0.2, 0) is 65.8 Å². The average Bonchev–Trinajstić information content (AvgIpc) is 3.08. The molecule has 0 aliphatic rings. The van der Waals surface area contributed by atoms with Gasteiger partial charge >= 0.3 is 0 Å². The highest BCUT2D eigenvalue weighted by molar-refractivity contribution is 6.51. The maximum Gasteiger partial charge on any atom is 0.286 e. The lowest BCUT2D eigenvalue weighted by molar-refractivity contribution is 0.356. The molecule has 0 amide bonds. The van der Waals surface area contributed by atoms with Crippen LogP contribution < -0.4 is 0 Å².